The molecule has 0 spiro atoms. The van der Waals surface area contributed by atoms with Crippen molar-refractivity contribution in [1.29, 1.82) is 0 Å². The van der Waals surface area contributed by atoms with Crippen molar-refractivity contribution in [3.63, 3.8) is 0 Å². The summed E-state index contributed by atoms with van der Waals surface area (Å²) in [5, 5.41) is 14.0. The molecule has 1 N–H and O–H groups in total. The average Bonchev–Trinajstić information content (AvgIpc) is 2.30. The lowest BCUT2D eigenvalue weighted by Gasteiger charge is -2.33. The fourth-order valence-electron chi connectivity index (χ4n) is 2.02. The molecule has 0 radical (unpaired) electrons. The molecule has 1 aromatic carbocycles. The molecule has 1 aliphatic rings. The second kappa shape index (κ2) is 4.59. The summed E-state index contributed by atoms with van der Waals surface area (Å²) in [5.41, 5.74) is 1.17. The van der Waals surface area contributed by atoms with Gasteiger partial charge in [0.15, 0.2) is 0 Å². The SMILES string of the molecule is CN1CCNCC1c1cccc([N+](=O)[O-])c1. The van der Waals surface area contributed by atoms with Gasteiger partial charge in [0, 0.05) is 37.8 Å². The van der Waals surface area contributed by atoms with E-state index >= 15 is 0 Å². The van der Waals surface area contributed by atoms with E-state index in [1.807, 2.05) is 13.1 Å². The molecule has 1 atom stereocenters. The van der Waals surface area contributed by atoms with E-state index in [1.54, 1.807) is 12.1 Å². The second-order valence-electron chi connectivity index (χ2n) is 4.05. The van der Waals surface area contributed by atoms with Gasteiger partial charge in [0.1, 0.15) is 0 Å². The molecule has 0 bridgehead atoms. The third kappa shape index (κ3) is 2.20. The van der Waals surface area contributed by atoms with Crippen LogP contribution in [0.15, 0.2) is 24.3 Å². The van der Waals surface area contributed by atoms with Crippen LogP contribution in [0.5, 0.6) is 0 Å². The van der Waals surface area contributed by atoms with Gasteiger partial charge < -0.3 is 5.32 Å². The highest BCUT2D eigenvalue weighted by molar-refractivity contribution is 5.36. The summed E-state index contributed by atoms with van der Waals surface area (Å²) in [5.74, 6) is 0. The Balaban J connectivity index is 2.25. The predicted molar refractivity (Wildman–Crippen MR) is 61.3 cm³/mol. The smallest absolute Gasteiger partial charge is 0.269 e. The molecule has 1 fully saturated rings. The van der Waals surface area contributed by atoms with Gasteiger partial charge in [0.25, 0.3) is 5.69 Å². The van der Waals surface area contributed by atoms with Crippen LogP contribution in [-0.4, -0.2) is 36.5 Å². The first-order valence-corrected chi connectivity index (χ1v) is 5.34. The number of nitro benzene ring substituents is 1. The Bertz CT molecular complexity index is 395. The van der Waals surface area contributed by atoms with Crippen molar-refractivity contribution in [2.75, 3.05) is 26.7 Å². The normalized spacial score (nSPS) is 21.9. The minimum atomic E-state index is -0.347. The van der Waals surface area contributed by atoms with E-state index in [-0.39, 0.29) is 16.7 Å². The topological polar surface area (TPSA) is 58.4 Å². The van der Waals surface area contributed by atoms with Crippen molar-refractivity contribution in [2.24, 2.45) is 0 Å². The molecule has 0 amide bonds. The Hall–Kier alpha value is -1.46. The van der Waals surface area contributed by atoms with Crippen LogP contribution in [0.3, 0.4) is 0 Å². The summed E-state index contributed by atoms with van der Waals surface area (Å²) in [6, 6.07) is 7.11. The monoisotopic (exact) mass is 221 g/mol. The first-order chi connectivity index (χ1) is 7.68. The first-order valence-electron chi connectivity index (χ1n) is 5.34. The Kier molecular flexibility index (Phi) is 3.17. The van der Waals surface area contributed by atoms with Crippen molar-refractivity contribution < 1.29 is 4.92 Å². The number of likely N-dealkylation sites (N-methyl/N-ethyl adjacent to an activating group) is 1. The van der Waals surface area contributed by atoms with Crippen LogP contribution in [0.1, 0.15) is 11.6 Å². The number of hydrogen-bond donors (Lipinski definition) is 1. The van der Waals surface area contributed by atoms with Crippen molar-refractivity contribution in [2.45, 2.75) is 6.04 Å². The maximum absolute atomic E-state index is 10.7. The largest absolute Gasteiger partial charge is 0.314 e. The Labute approximate surface area is 94.2 Å². The lowest BCUT2D eigenvalue weighted by atomic mass is 10.0. The molecule has 5 heteroatoms. The van der Waals surface area contributed by atoms with Crippen LogP contribution in [0.25, 0.3) is 0 Å². The average molecular weight is 221 g/mol. The fraction of sp³-hybridized carbons (Fsp3) is 0.455. The third-order valence-corrected chi connectivity index (χ3v) is 2.98. The number of nitrogens with one attached hydrogen (secondary N) is 1. The number of nitrogens with zero attached hydrogens (tertiary/aromatic N) is 2. The van der Waals surface area contributed by atoms with Gasteiger partial charge in [-0.2, -0.15) is 0 Å². The zero-order valence-corrected chi connectivity index (χ0v) is 9.22. The number of nitro groups is 1. The number of benzene rings is 1. The van der Waals surface area contributed by atoms with Gasteiger partial charge in [0.2, 0.25) is 0 Å². The summed E-state index contributed by atoms with van der Waals surface area (Å²) in [6.07, 6.45) is 0. The molecule has 16 heavy (non-hydrogen) atoms. The van der Waals surface area contributed by atoms with Crippen LogP contribution in [-0.2, 0) is 0 Å². The summed E-state index contributed by atoms with van der Waals surface area (Å²) in [7, 11) is 2.05. The van der Waals surface area contributed by atoms with Crippen molar-refractivity contribution in [3.8, 4) is 0 Å². The Morgan fingerprint density at radius 1 is 1.56 bits per heavy atom. The van der Waals surface area contributed by atoms with Crippen molar-refractivity contribution in [1.82, 2.24) is 10.2 Å². The molecule has 1 aromatic rings. The zero-order valence-electron chi connectivity index (χ0n) is 9.22. The summed E-state index contributed by atoms with van der Waals surface area (Å²) in [4.78, 5) is 12.6. The van der Waals surface area contributed by atoms with Gasteiger partial charge in [-0.3, -0.25) is 15.0 Å². The fourth-order valence-corrected chi connectivity index (χ4v) is 2.02. The molecule has 86 valence electrons. The molecular formula is C11H15N3O2. The molecule has 0 aromatic heterocycles. The van der Waals surface area contributed by atoms with Gasteiger partial charge in [-0.05, 0) is 12.6 Å². The quantitative estimate of drug-likeness (QED) is 0.601. The molecular weight excluding hydrogens is 206 g/mol. The van der Waals surface area contributed by atoms with Gasteiger partial charge in [0.05, 0.1) is 4.92 Å². The standard InChI is InChI=1S/C11H15N3O2/c1-13-6-5-12-8-11(13)9-3-2-4-10(7-9)14(15)16/h2-4,7,11-12H,5-6,8H2,1H3. The minimum Gasteiger partial charge on any atom is -0.314 e. The van der Waals surface area contributed by atoms with Gasteiger partial charge >= 0.3 is 0 Å². The number of piperazine rings is 1. The number of hydrogen-bond acceptors (Lipinski definition) is 4. The lowest BCUT2D eigenvalue weighted by Crippen LogP contribution is -2.43. The summed E-state index contributed by atoms with van der Waals surface area (Å²) < 4.78 is 0. The Morgan fingerprint density at radius 3 is 3.06 bits per heavy atom. The van der Waals surface area contributed by atoms with Gasteiger partial charge in [-0.15, -0.1) is 0 Å². The molecule has 1 saturated heterocycles. The second-order valence-corrected chi connectivity index (χ2v) is 4.05. The number of rotatable bonds is 2. The first kappa shape index (κ1) is 11.0. The van der Waals surface area contributed by atoms with E-state index in [1.165, 1.54) is 6.07 Å². The third-order valence-electron chi connectivity index (χ3n) is 2.98. The molecule has 1 aliphatic heterocycles. The molecule has 1 unspecified atom stereocenters. The highest BCUT2D eigenvalue weighted by atomic mass is 16.6. The molecule has 0 saturated carbocycles. The van der Waals surface area contributed by atoms with Crippen molar-refractivity contribution >= 4 is 5.69 Å². The number of non-ortho nitro benzene ring substituents is 1. The van der Waals surface area contributed by atoms with Crippen LogP contribution < -0.4 is 5.32 Å². The molecule has 2 rings (SSSR count). The zero-order chi connectivity index (χ0) is 11.5. The minimum absolute atomic E-state index is 0.163. The Morgan fingerprint density at radius 2 is 2.38 bits per heavy atom. The van der Waals surface area contributed by atoms with E-state index in [0.29, 0.717) is 0 Å². The maximum Gasteiger partial charge on any atom is 0.269 e. The van der Waals surface area contributed by atoms with Gasteiger partial charge in [-0.1, -0.05) is 12.1 Å². The van der Waals surface area contributed by atoms with E-state index in [9.17, 15) is 10.1 Å². The molecule has 0 aliphatic carbocycles. The summed E-state index contributed by atoms with van der Waals surface area (Å²) >= 11 is 0. The van der Waals surface area contributed by atoms with E-state index < -0.39 is 0 Å². The highest BCUT2D eigenvalue weighted by Crippen LogP contribution is 2.23. The highest BCUT2D eigenvalue weighted by Gasteiger charge is 2.21. The maximum atomic E-state index is 10.7. The molecule has 5 nitrogen and oxygen atoms in total. The van der Waals surface area contributed by atoms with E-state index in [4.69, 9.17) is 0 Å². The van der Waals surface area contributed by atoms with Crippen LogP contribution >= 0.6 is 0 Å². The van der Waals surface area contributed by atoms with E-state index in [0.717, 1.165) is 25.2 Å². The van der Waals surface area contributed by atoms with Crippen molar-refractivity contribution in [3.05, 3.63) is 39.9 Å². The van der Waals surface area contributed by atoms with Crippen LogP contribution in [0.4, 0.5) is 5.69 Å². The molecule has 1 heterocycles. The van der Waals surface area contributed by atoms with Gasteiger partial charge in [-0.25, -0.2) is 0 Å². The van der Waals surface area contributed by atoms with E-state index in [2.05, 4.69) is 10.2 Å². The lowest BCUT2D eigenvalue weighted by molar-refractivity contribution is -0.385. The predicted octanol–water partition coefficient (Wildman–Crippen LogP) is 1.17. The van der Waals surface area contributed by atoms with Crippen LogP contribution in [0, 0.1) is 10.1 Å². The summed E-state index contributed by atoms with van der Waals surface area (Å²) in [6.45, 7) is 2.78. The van der Waals surface area contributed by atoms with Crippen LogP contribution in [0.2, 0.25) is 0 Å².